The van der Waals surface area contributed by atoms with Crippen LogP contribution in [0.2, 0.25) is 0 Å². The fourth-order valence-corrected chi connectivity index (χ4v) is 2.98. The lowest BCUT2D eigenvalue weighted by Gasteiger charge is -2.08. The van der Waals surface area contributed by atoms with E-state index in [0.717, 1.165) is 33.0 Å². The van der Waals surface area contributed by atoms with Gasteiger partial charge in [-0.1, -0.05) is 11.8 Å². The number of fused-ring (bicyclic) bond motifs is 1. The number of hydrogen-bond donors (Lipinski definition) is 1. The van der Waals surface area contributed by atoms with Crippen molar-refractivity contribution in [3.63, 3.8) is 0 Å². The van der Waals surface area contributed by atoms with Gasteiger partial charge >= 0.3 is 0 Å². The molecule has 0 amide bonds. The summed E-state index contributed by atoms with van der Waals surface area (Å²) in [5.41, 5.74) is 8.69. The second-order valence-electron chi connectivity index (χ2n) is 4.26. The van der Waals surface area contributed by atoms with Gasteiger partial charge in [-0.3, -0.25) is 9.78 Å². The molecule has 1 heterocycles. The highest BCUT2D eigenvalue weighted by Crippen LogP contribution is 2.36. The predicted molar refractivity (Wildman–Crippen MR) is 71.9 cm³/mol. The van der Waals surface area contributed by atoms with E-state index in [-0.39, 0.29) is 5.78 Å². The van der Waals surface area contributed by atoms with Crippen LogP contribution in [0.4, 0.5) is 5.69 Å². The lowest BCUT2D eigenvalue weighted by atomic mass is 10.1. The van der Waals surface area contributed by atoms with Gasteiger partial charge in [0.25, 0.3) is 0 Å². The number of nitrogens with zero attached hydrogens (tertiary/aromatic N) is 1. The second kappa shape index (κ2) is 4.46. The summed E-state index contributed by atoms with van der Waals surface area (Å²) in [6.45, 7) is 0. The van der Waals surface area contributed by atoms with Crippen LogP contribution in [0.3, 0.4) is 0 Å². The van der Waals surface area contributed by atoms with E-state index in [1.807, 2.05) is 24.3 Å². The van der Waals surface area contributed by atoms with Crippen molar-refractivity contribution in [2.45, 2.75) is 22.6 Å². The second-order valence-corrected chi connectivity index (χ2v) is 5.37. The third-order valence-electron chi connectivity index (χ3n) is 3.03. The van der Waals surface area contributed by atoms with E-state index < -0.39 is 0 Å². The SMILES string of the molecule is Nc1cc2c(cc1Sc1ccncc1)C(=O)CC2. The number of rotatable bonds is 2. The molecule has 3 rings (SSSR count). The number of aryl methyl sites for hydroxylation is 1. The standard InChI is InChI=1S/C14H12N2OS/c15-12-7-9-1-2-13(17)11(9)8-14(12)18-10-3-5-16-6-4-10/h3-8H,1-2,15H2. The first-order valence-corrected chi connectivity index (χ1v) is 6.59. The molecule has 1 aliphatic carbocycles. The molecule has 0 bridgehead atoms. The van der Waals surface area contributed by atoms with Crippen molar-refractivity contribution in [1.29, 1.82) is 0 Å². The van der Waals surface area contributed by atoms with Gasteiger partial charge in [0.2, 0.25) is 0 Å². The first-order chi connectivity index (χ1) is 8.74. The first-order valence-electron chi connectivity index (χ1n) is 5.77. The van der Waals surface area contributed by atoms with E-state index in [1.165, 1.54) is 0 Å². The maximum atomic E-state index is 11.7. The number of ketones is 1. The van der Waals surface area contributed by atoms with Crippen LogP contribution in [0.15, 0.2) is 46.5 Å². The Morgan fingerprint density at radius 2 is 1.94 bits per heavy atom. The van der Waals surface area contributed by atoms with Gasteiger partial charge in [-0.15, -0.1) is 0 Å². The number of nitrogens with two attached hydrogens (primary N) is 1. The summed E-state index contributed by atoms with van der Waals surface area (Å²) < 4.78 is 0. The molecule has 3 nitrogen and oxygen atoms in total. The molecule has 0 radical (unpaired) electrons. The van der Waals surface area contributed by atoms with E-state index in [2.05, 4.69) is 4.98 Å². The van der Waals surface area contributed by atoms with Gasteiger partial charge in [0.1, 0.15) is 0 Å². The lowest BCUT2D eigenvalue weighted by Crippen LogP contribution is -1.95. The van der Waals surface area contributed by atoms with Crippen molar-refractivity contribution in [2.24, 2.45) is 0 Å². The van der Waals surface area contributed by atoms with E-state index in [1.54, 1.807) is 24.2 Å². The Kier molecular flexibility index (Phi) is 2.80. The number of anilines is 1. The molecule has 0 fully saturated rings. The minimum Gasteiger partial charge on any atom is -0.398 e. The molecule has 18 heavy (non-hydrogen) atoms. The Bertz CT molecular complexity index is 611. The summed E-state index contributed by atoms with van der Waals surface area (Å²) in [5.74, 6) is 0.224. The van der Waals surface area contributed by atoms with E-state index in [4.69, 9.17) is 5.73 Å². The molecular weight excluding hydrogens is 244 g/mol. The van der Waals surface area contributed by atoms with E-state index in [0.29, 0.717) is 6.42 Å². The normalized spacial score (nSPS) is 13.7. The Morgan fingerprint density at radius 1 is 1.17 bits per heavy atom. The topological polar surface area (TPSA) is 56.0 Å². The van der Waals surface area contributed by atoms with Gasteiger partial charge in [0.05, 0.1) is 0 Å². The van der Waals surface area contributed by atoms with Gasteiger partial charge in [-0.05, 0) is 36.2 Å². The maximum Gasteiger partial charge on any atom is 0.163 e. The quantitative estimate of drug-likeness (QED) is 0.839. The fourth-order valence-electron chi connectivity index (χ4n) is 2.11. The highest BCUT2D eigenvalue weighted by Gasteiger charge is 2.21. The van der Waals surface area contributed by atoms with Crippen molar-refractivity contribution in [3.05, 3.63) is 47.8 Å². The Morgan fingerprint density at radius 3 is 2.72 bits per heavy atom. The summed E-state index contributed by atoms with van der Waals surface area (Å²) in [5, 5.41) is 0. The molecular formula is C14H12N2OS. The summed E-state index contributed by atoms with van der Waals surface area (Å²) in [6.07, 6.45) is 4.92. The molecule has 1 aliphatic rings. The van der Waals surface area contributed by atoms with Crippen LogP contribution in [-0.2, 0) is 6.42 Å². The van der Waals surface area contributed by atoms with Gasteiger partial charge in [0, 0.05) is 39.9 Å². The number of carbonyl (C=O) groups excluding carboxylic acids is 1. The Hall–Kier alpha value is -1.81. The minimum atomic E-state index is 0.224. The smallest absolute Gasteiger partial charge is 0.163 e. The van der Waals surface area contributed by atoms with Crippen LogP contribution in [0.1, 0.15) is 22.3 Å². The third kappa shape index (κ3) is 1.99. The van der Waals surface area contributed by atoms with Crippen LogP contribution in [0.25, 0.3) is 0 Å². The van der Waals surface area contributed by atoms with Gasteiger partial charge in [-0.25, -0.2) is 0 Å². The van der Waals surface area contributed by atoms with Crippen LogP contribution in [-0.4, -0.2) is 10.8 Å². The summed E-state index contributed by atoms with van der Waals surface area (Å²) >= 11 is 1.57. The van der Waals surface area contributed by atoms with Crippen molar-refractivity contribution < 1.29 is 4.79 Å². The van der Waals surface area contributed by atoms with Gasteiger partial charge in [-0.2, -0.15) is 0 Å². The number of nitrogen functional groups attached to an aromatic ring is 1. The Labute approximate surface area is 109 Å². The molecule has 0 saturated carbocycles. The average molecular weight is 256 g/mol. The van der Waals surface area contributed by atoms with Gasteiger partial charge in [0.15, 0.2) is 5.78 Å². The summed E-state index contributed by atoms with van der Waals surface area (Å²) in [4.78, 5) is 17.7. The molecule has 0 aliphatic heterocycles. The van der Waals surface area contributed by atoms with Crippen LogP contribution < -0.4 is 5.73 Å². The number of Topliss-reactive ketones (excluding diaryl/α,β-unsaturated/α-hetero) is 1. The van der Waals surface area contributed by atoms with Crippen LogP contribution in [0, 0.1) is 0 Å². The largest absolute Gasteiger partial charge is 0.398 e. The number of benzene rings is 1. The van der Waals surface area contributed by atoms with Crippen molar-refractivity contribution >= 4 is 23.2 Å². The van der Waals surface area contributed by atoms with E-state index in [9.17, 15) is 4.79 Å². The van der Waals surface area contributed by atoms with Gasteiger partial charge < -0.3 is 5.73 Å². The molecule has 1 aromatic carbocycles. The zero-order chi connectivity index (χ0) is 12.5. The molecule has 4 heteroatoms. The van der Waals surface area contributed by atoms with Crippen molar-refractivity contribution in [2.75, 3.05) is 5.73 Å². The number of hydrogen-bond acceptors (Lipinski definition) is 4. The number of pyridine rings is 1. The number of aromatic nitrogens is 1. The average Bonchev–Trinajstić information content (AvgIpc) is 2.73. The Balaban J connectivity index is 1.98. The monoisotopic (exact) mass is 256 g/mol. The molecule has 1 aromatic heterocycles. The first kappa shape index (κ1) is 11.3. The predicted octanol–water partition coefficient (Wildman–Crippen LogP) is 2.94. The highest BCUT2D eigenvalue weighted by atomic mass is 32.2. The molecule has 0 atom stereocenters. The molecule has 0 saturated heterocycles. The molecule has 2 N–H and O–H groups in total. The number of carbonyl (C=O) groups is 1. The lowest BCUT2D eigenvalue weighted by molar-refractivity contribution is 0.0994. The zero-order valence-corrected chi connectivity index (χ0v) is 10.5. The molecule has 2 aromatic rings. The zero-order valence-electron chi connectivity index (χ0n) is 9.72. The van der Waals surface area contributed by atoms with E-state index >= 15 is 0 Å². The maximum absolute atomic E-state index is 11.7. The highest BCUT2D eigenvalue weighted by molar-refractivity contribution is 7.99. The van der Waals surface area contributed by atoms with Crippen LogP contribution >= 0.6 is 11.8 Å². The minimum absolute atomic E-state index is 0.224. The molecule has 0 unspecified atom stereocenters. The summed E-state index contributed by atoms with van der Waals surface area (Å²) in [6, 6.07) is 7.72. The van der Waals surface area contributed by atoms with Crippen molar-refractivity contribution in [1.82, 2.24) is 4.98 Å². The molecule has 0 spiro atoms. The van der Waals surface area contributed by atoms with Crippen molar-refractivity contribution in [3.8, 4) is 0 Å². The summed E-state index contributed by atoms with van der Waals surface area (Å²) in [7, 11) is 0. The van der Waals surface area contributed by atoms with Crippen LogP contribution in [0.5, 0.6) is 0 Å². The molecule has 90 valence electrons. The fraction of sp³-hybridized carbons (Fsp3) is 0.143. The third-order valence-corrected chi connectivity index (χ3v) is 4.12.